The molecule has 0 atom stereocenters. The van der Waals surface area contributed by atoms with E-state index in [1.165, 1.54) is 11.0 Å². The highest BCUT2D eigenvalue weighted by molar-refractivity contribution is 6.11. The van der Waals surface area contributed by atoms with Crippen LogP contribution in [0.5, 0.6) is 0 Å². The van der Waals surface area contributed by atoms with Gasteiger partial charge in [0.05, 0.1) is 16.8 Å². The lowest BCUT2D eigenvalue weighted by Gasteiger charge is -2.20. The molecule has 2 aromatic carbocycles. The Morgan fingerprint density at radius 1 is 1.08 bits per heavy atom. The second kappa shape index (κ2) is 7.00. The van der Waals surface area contributed by atoms with E-state index in [-0.39, 0.29) is 17.4 Å². The molecule has 2 N–H and O–H groups in total. The van der Waals surface area contributed by atoms with Crippen LogP contribution in [0.3, 0.4) is 0 Å². The van der Waals surface area contributed by atoms with E-state index in [2.05, 4.69) is 5.32 Å². The smallest absolute Gasteiger partial charge is 0.336 e. The van der Waals surface area contributed by atoms with Crippen LogP contribution < -0.4 is 10.2 Å². The van der Waals surface area contributed by atoms with E-state index >= 15 is 0 Å². The van der Waals surface area contributed by atoms with Crippen LogP contribution in [-0.4, -0.2) is 29.9 Å². The molecule has 2 aromatic rings. The summed E-state index contributed by atoms with van der Waals surface area (Å²) in [6.45, 7) is 1.70. The standard InChI is InChI=1S/C20H20N2O4/c1-12-7-10-14(11-16(12)20(25)26)21-18(23)15-5-3-4-6-17(15)22(2)19(24)13-8-9-13/h3-7,10-11,13H,8-9H2,1-2H3,(H,21,23)(H,25,26). The monoisotopic (exact) mass is 352 g/mol. The lowest BCUT2D eigenvalue weighted by atomic mass is 10.1. The number of nitrogens with one attached hydrogen (secondary N) is 1. The molecule has 0 saturated heterocycles. The Bertz CT molecular complexity index is 887. The van der Waals surface area contributed by atoms with E-state index in [0.29, 0.717) is 22.5 Å². The molecule has 134 valence electrons. The number of carboxylic acid groups (broad SMARTS) is 1. The highest BCUT2D eigenvalue weighted by Crippen LogP contribution is 2.33. The summed E-state index contributed by atoms with van der Waals surface area (Å²) in [7, 11) is 1.67. The van der Waals surface area contributed by atoms with Crippen molar-refractivity contribution in [3.63, 3.8) is 0 Å². The minimum absolute atomic E-state index is 0.00810. The summed E-state index contributed by atoms with van der Waals surface area (Å²) in [5.74, 6) is -1.38. The third-order valence-electron chi connectivity index (χ3n) is 4.49. The molecular formula is C20H20N2O4. The predicted octanol–water partition coefficient (Wildman–Crippen LogP) is 3.32. The number of carbonyl (C=O) groups is 3. The number of hydrogen-bond acceptors (Lipinski definition) is 3. The number of amides is 2. The number of aryl methyl sites for hydroxylation is 1. The molecule has 6 nitrogen and oxygen atoms in total. The Hall–Kier alpha value is -3.15. The number of anilines is 2. The first-order valence-electron chi connectivity index (χ1n) is 8.40. The summed E-state index contributed by atoms with van der Waals surface area (Å²) in [6.07, 6.45) is 1.78. The Morgan fingerprint density at radius 3 is 2.42 bits per heavy atom. The Labute approximate surface area is 151 Å². The van der Waals surface area contributed by atoms with Gasteiger partial charge in [0.1, 0.15) is 0 Å². The molecule has 2 amide bonds. The number of carboxylic acids is 1. The zero-order valence-electron chi connectivity index (χ0n) is 14.7. The number of carbonyl (C=O) groups excluding carboxylic acids is 2. The lowest BCUT2D eigenvalue weighted by molar-refractivity contribution is -0.119. The topological polar surface area (TPSA) is 86.7 Å². The predicted molar refractivity (Wildman–Crippen MR) is 98.7 cm³/mol. The van der Waals surface area contributed by atoms with Crippen LogP contribution in [-0.2, 0) is 4.79 Å². The van der Waals surface area contributed by atoms with Crippen LogP contribution in [0.2, 0.25) is 0 Å². The number of para-hydroxylation sites is 1. The summed E-state index contributed by atoms with van der Waals surface area (Å²) in [5, 5.41) is 11.9. The molecule has 1 saturated carbocycles. The van der Waals surface area contributed by atoms with Crippen LogP contribution in [0, 0.1) is 12.8 Å². The Balaban J connectivity index is 1.86. The van der Waals surface area contributed by atoms with Crippen LogP contribution in [0.15, 0.2) is 42.5 Å². The molecule has 1 aliphatic rings. The molecule has 3 rings (SSSR count). The van der Waals surface area contributed by atoms with Crippen molar-refractivity contribution in [1.29, 1.82) is 0 Å². The van der Waals surface area contributed by atoms with Gasteiger partial charge in [0.15, 0.2) is 0 Å². The minimum Gasteiger partial charge on any atom is -0.478 e. The van der Waals surface area contributed by atoms with Crippen LogP contribution in [0.25, 0.3) is 0 Å². The maximum absolute atomic E-state index is 12.7. The van der Waals surface area contributed by atoms with Crippen LogP contribution in [0.4, 0.5) is 11.4 Å². The average molecular weight is 352 g/mol. The number of hydrogen-bond donors (Lipinski definition) is 2. The van der Waals surface area contributed by atoms with Crippen LogP contribution in [0.1, 0.15) is 39.1 Å². The Morgan fingerprint density at radius 2 is 1.77 bits per heavy atom. The number of nitrogens with zero attached hydrogens (tertiary/aromatic N) is 1. The number of benzene rings is 2. The van der Waals surface area contributed by atoms with Crippen molar-refractivity contribution in [3.05, 3.63) is 59.2 Å². The first-order chi connectivity index (χ1) is 12.4. The second-order valence-corrected chi connectivity index (χ2v) is 6.48. The van der Waals surface area contributed by atoms with Crippen molar-refractivity contribution in [2.45, 2.75) is 19.8 Å². The van der Waals surface area contributed by atoms with E-state index in [4.69, 9.17) is 0 Å². The van der Waals surface area contributed by atoms with Crippen molar-refractivity contribution < 1.29 is 19.5 Å². The van der Waals surface area contributed by atoms with E-state index in [1.807, 2.05) is 0 Å². The van der Waals surface area contributed by atoms with Crippen molar-refractivity contribution in [3.8, 4) is 0 Å². The largest absolute Gasteiger partial charge is 0.478 e. The third-order valence-corrected chi connectivity index (χ3v) is 4.49. The molecule has 0 radical (unpaired) electrons. The quantitative estimate of drug-likeness (QED) is 0.864. The number of aromatic carboxylic acids is 1. The maximum atomic E-state index is 12.7. The Kier molecular flexibility index (Phi) is 4.75. The van der Waals surface area contributed by atoms with Crippen molar-refractivity contribution in [1.82, 2.24) is 0 Å². The van der Waals surface area contributed by atoms with Crippen molar-refractivity contribution >= 4 is 29.2 Å². The molecule has 0 heterocycles. The van der Waals surface area contributed by atoms with E-state index < -0.39 is 11.9 Å². The van der Waals surface area contributed by atoms with Gasteiger partial charge in [0, 0.05) is 18.7 Å². The SMILES string of the molecule is Cc1ccc(NC(=O)c2ccccc2N(C)C(=O)C2CC2)cc1C(=O)O. The molecule has 0 spiro atoms. The number of rotatable bonds is 5. The zero-order chi connectivity index (χ0) is 18.8. The molecule has 0 bridgehead atoms. The van der Waals surface area contributed by atoms with Gasteiger partial charge in [-0.3, -0.25) is 9.59 Å². The van der Waals surface area contributed by atoms with Gasteiger partial charge in [-0.1, -0.05) is 18.2 Å². The van der Waals surface area contributed by atoms with E-state index in [1.54, 1.807) is 50.4 Å². The molecule has 0 unspecified atom stereocenters. The minimum atomic E-state index is -1.05. The molecule has 1 fully saturated rings. The first kappa shape index (κ1) is 17.7. The van der Waals surface area contributed by atoms with Gasteiger partial charge in [0.25, 0.3) is 5.91 Å². The normalized spacial score (nSPS) is 13.2. The molecule has 26 heavy (non-hydrogen) atoms. The second-order valence-electron chi connectivity index (χ2n) is 6.48. The highest BCUT2D eigenvalue weighted by atomic mass is 16.4. The van der Waals surface area contributed by atoms with Gasteiger partial charge < -0.3 is 15.3 Å². The van der Waals surface area contributed by atoms with Crippen LogP contribution >= 0.6 is 0 Å². The fourth-order valence-corrected chi connectivity index (χ4v) is 2.81. The average Bonchev–Trinajstić information content (AvgIpc) is 3.47. The first-order valence-corrected chi connectivity index (χ1v) is 8.40. The van der Waals surface area contributed by atoms with Gasteiger partial charge >= 0.3 is 5.97 Å². The summed E-state index contributed by atoms with van der Waals surface area (Å²) in [4.78, 5) is 37.8. The van der Waals surface area contributed by atoms with Gasteiger partial charge in [-0.25, -0.2) is 4.79 Å². The van der Waals surface area contributed by atoms with E-state index in [9.17, 15) is 19.5 Å². The van der Waals surface area contributed by atoms with Gasteiger partial charge in [-0.05, 0) is 49.6 Å². The fourth-order valence-electron chi connectivity index (χ4n) is 2.81. The molecule has 1 aliphatic carbocycles. The van der Waals surface area contributed by atoms with Gasteiger partial charge in [-0.2, -0.15) is 0 Å². The summed E-state index contributed by atoms with van der Waals surface area (Å²) < 4.78 is 0. The summed E-state index contributed by atoms with van der Waals surface area (Å²) in [5.41, 5.74) is 2.04. The van der Waals surface area contributed by atoms with Crippen molar-refractivity contribution in [2.75, 3.05) is 17.3 Å². The highest BCUT2D eigenvalue weighted by Gasteiger charge is 2.33. The lowest BCUT2D eigenvalue weighted by Crippen LogP contribution is -2.30. The molecule has 0 aromatic heterocycles. The summed E-state index contributed by atoms with van der Waals surface area (Å²) >= 11 is 0. The van der Waals surface area contributed by atoms with Gasteiger partial charge in [0.2, 0.25) is 5.91 Å². The third kappa shape index (κ3) is 3.59. The van der Waals surface area contributed by atoms with Crippen molar-refractivity contribution in [2.24, 2.45) is 5.92 Å². The molecular weight excluding hydrogens is 332 g/mol. The maximum Gasteiger partial charge on any atom is 0.336 e. The van der Waals surface area contributed by atoms with E-state index in [0.717, 1.165) is 12.8 Å². The molecule has 6 heteroatoms. The zero-order valence-corrected chi connectivity index (χ0v) is 14.7. The summed E-state index contributed by atoms with van der Waals surface area (Å²) in [6, 6.07) is 11.6. The molecule has 0 aliphatic heterocycles. The van der Waals surface area contributed by atoms with Gasteiger partial charge in [-0.15, -0.1) is 0 Å². The fraction of sp³-hybridized carbons (Fsp3) is 0.250.